The number of benzene rings is 2. The molecule has 4 rings (SSSR count). The third-order valence-corrected chi connectivity index (χ3v) is 5.43. The van der Waals surface area contributed by atoms with E-state index in [0.29, 0.717) is 11.4 Å². The third kappa shape index (κ3) is 4.14. The minimum Gasteiger partial charge on any atom is -0.464 e. The van der Waals surface area contributed by atoms with Crippen LogP contribution < -0.4 is 10.6 Å². The first-order valence-electron chi connectivity index (χ1n) is 10.5. The molecular weight excluding hydrogens is 406 g/mol. The van der Waals surface area contributed by atoms with Gasteiger partial charge >= 0.3 is 5.97 Å². The van der Waals surface area contributed by atoms with E-state index in [1.54, 1.807) is 20.1 Å². The number of rotatable bonds is 4. The summed E-state index contributed by atoms with van der Waals surface area (Å²) in [4.78, 5) is 30.3. The number of aryl methyl sites for hydroxylation is 2. The first-order chi connectivity index (χ1) is 15.4. The summed E-state index contributed by atoms with van der Waals surface area (Å²) in [6.07, 6.45) is 1.68. The van der Waals surface area contributed by atoms with Gasteiger partial charge in [0, 0.05) is 16.6 Å². The largest absolute Gasteiger partial charge is 0.464 e. The summed E-state index contributed by atoms with van der Waals surface area (Å²) in [7, 11) is 0. The van der Waals surface area contributed by atoms with Crippen molar-refractivity contribution in [2.45, 2.75) is 34.1 Å². The maximum atomic E-state index is 13.0. The number of carbonyl (C=O) groups is 2. The molecule has 0 fully saturated rings. The van der Waals surface area contributed by atoms with E-state index >= 15 is 0 Å². The molecule has 0 aliphatic carbocycles. The lowest BCUT2D eigenvalue weighted by Gasteiger charge is -2.13. The average Bonchev–Trinajstić information content (AvgIpc) is 3.04. The van der Waals surface area contributed by atoms with Crippen LogP contribution in [-0.2, 0) is 20.7 Å². The number of amides is 1. The van der Waals surface area contributed by atoms with Gasteiger partial charge in [-0.1, -0.05) is 12.1 Å². The maximum absolute atomic E-state index is 13.0. The SMILES string of the molecule is CCOC(=O)C1=C(C)Nc2ccccc2N=C1NC(=O)Cc1coc2cc(C)c(C)cc12. The molecule has 0 unspecified atom stereocenters. The number of nitrogens with zero attached hydrogens (tertiary/aromatic N) is 1. The smallest absolute Gasteiger partial charge is 0.343 e. The third-order valence-electron chi connectivity index (χ3n) is 5.43. The molecule has 32 heavy (non-hydrogen) atoms. The van der Waals surface area contributed by atoms with Gasteiger partial charge in [-0.25, -0.2) is 9.79 Å². The summed E-state index contributed by atoms with van der Waals surface area (Å²) in [5, 5.41) is 6.91. The molecule has 7 heteroatoms. The molecular formula is C25H25N3O4. The molecule has 0 bridgehead atoms. The number of carbonyl (C=O) groups excluding carboxylic acids is 2. The van der Waals surface area contributed by atoms with Crippen LogP contribution in [0.4, 0.5) is 11.4 Å². The van der Waals surface area contributed by atoms with Crippen molar-refractivity contribution in [2.75, 3.05) is 11.9 Å². The Bertz CT molecular complexity index is 1280. The van der Waals surface area contributed by atoms with Gasteiger partial charge in [-0.05, 0) is 63.1 Å². The van der Waals surface area contributed by atoms with Crippen molar-refractivity contribution in [3.05, 3.63) is 70.6 Å². The van der Waals surface area contributed by atoms with Gasteiger partial charge in [0.25, 0.3) is 0 Å². The summed E-state index contributed by atoms with van der Waals surface area (Å²) >= 11 is 0. The predicted molar refractivity (Wildman–Crippen MR) is 124 cm³/mol. The van der Waals surface area contributed by atoms with E-state index in [1.807, 2.05) is 50.2 Å². The van der Waals surface area contributed by atoms with Crippen LogP contribution in [0.15, 0.2) is 63.3 Å². The summed E-state index contributed by atoms with van der Waals surface area (Å²) in [6, 6.07) is 11.4. The number of para-hydroxylation sites is 2. The second-order valence-corrected chi connectivity index (χ2v) is 7.74. The van der Waals surface area contributed by atoms with Crippen LogP contribution >= 0.6 is 0 Å². The van der Waals surface area contributed by atoms with Gasteiger partial charge in [0.05, 0.1) is 30.7 Å². The Morgan fingerprint density at radius 2 is 1.88 bits per heavy atom. The quantitative estimate of drug-likeness (QED) is 0.584. The lowest BCUT2D eigenvalue weighted by molar-refractivity contribution is -0.137. The molecule has 2 aromatic carbocycles. The van der Waals surface area contributed by atoms with E-state index in [0.717, 1.165) is 33.3 Å². The number of anilines is 1. The number of aliphatic imine (C=N–C) groups is 1. The van der Waals surface area contributed by atoms with Crippen LogP contribution in [0.25, 0.3) is 11.0 Å². The molecule has 2 N–H and O–H groups in total. The van der Waals surface area contributed by atoms with Crippen LogP contribution in [0, 0.1) is 13.8 Å². The molecule has 1 aliphatic heterocycles. The predicted octanol–water partition coefficient (Wildman–Crippen LogP) is 4.70. The lowest BCUT2D eigenvalue weighted by Crippen LogP contribution is -2.36. The molecule has 1 aromatic heterocycles. The van der Waals surface area contributed by atoms with E-state index in [1.165, 1.54) is 0 Å². The molecule has 164 valence electrons. The van der Waals surface area contributed by atoms with Gasteiger partial charge < -0.3 is 19.8 Å². The van der Waals surface area contributed by atoms with Crippen molar-refractivity contribution in [3.8, 4) is 0 Å². The van der Waals surface area contributed by atoms with Crippen molar-refractivity contribution < 1.29 is 18.7 Å². The second-order valence-electron chi connectivity index (χ2n) is 7.74. The summed E-state index contributed by atoms with van der Waals surface area (Å²) in [5.41, 5.74) is 5.85. The first kappa shape index (κ1) is 21.4. The standard InChI is InChI=1S/C25H25N3O4/c1-5-31-25(30)23-16(4)26-19-8-6-7-9-20(19)27-24(23)28-22(29)12-17-13-32-21-11-15(3)14(2)10-18(17)21/h6-11,13,26H,5,12H2,1-4H3,(H,27,28,29). The Morgan fingerprint density at radius 3 is 2.66 bits per heavy atom. The first-order valence-corrected chi connectivity index (χ1v) is 10.5. The molecule has 3 aromatic rings. The van der Waals surface area contributed by atoms with E-state index in [-0.39, 0.29) is 30.3 Å². The van der Waals surface area contributed by atoms with Gasteiger partial charge in [-0.3, -0.25) is 4.79 Å². The molecule has 0 atom stereocenters. The lowest BCUT2D eigenvalue weighted by atomic mass is 10.0. The second kappa shape index (κ2) is 8.70. The number of allylic oxidation sites excluding steroid dienone is 1. The Balaban J connectivity index is 1.66. The van der Waals surface area contributed by atoms with Crippen LogP contribution in [0.1, 0.15) is 30.5 Å². The summed E-state index contributed by atoms with van der Waals surface area (Å²) in [5.74, 6) is -0.703. The number of ether oxygens (including phenoxy) is 1. The van der Waals surface area contributed by atoms with Gasteiger partial charge in [0.15, 0.2) is 0 Å². The highest BCUT2D eigenvalue weighted by molar-refractivity contribution is 6.24. The van der Waals surface area contributed by atoms with Crippen LogP contribution in [-0.4, -0.2) is 24.3 Å². The Hall–Kier alpha value is -3.87. The van der Waals surface area contributed by atoms with E-state index in [9.17, 15) is 9.59 Å². The zero-order chi connectivity index (χ0) is 22.8. The summed E-state index contributed by atoms with van der Waals surface area (Å²) < 4.78 is 10.9. The number of esters is 1. The van der Waals surface area contributed by atoms with Gasteiger partial charge in [-0.15, -0.1) is 0 Å². The molecule has 1 aliphatic rings. The molecule has 0 radical (unpaired) electrons. The van der Waals surface area contributed by atoms with Crippen LogP contribution in [0.2, 0.25) is 0 Å². The Kier molecular flexibility index (Phi) is 5.81. The maximum Gasteiger partial charge on any atom is 0.343 e. The normalized spacial score (nSPS) is 13.2. The molecule has 2 heterocycles. The van der Waals surface area contributed by atoms with E-state index < -0.39 is 5.97 Å². The fourth-order valence-corrected chi connectivity index (χ4v) is 3.66. The minimum atomic E-state index is -0.552. The monoisotopic (exact) mass is 431 g/mol. The Morgan fingerprint density at radius 1 is 1.12 bits per heavy atom. The van der Waals surface area contributed by atoms with Gasteiger partial charge in [0.1, 0.15) is 17.0 Å². The fourth-order valence-electron chi connectivity index (χ4n) is 3.66. The van der Waals surface area contributed by atoms with Crippen molar-refractivity contribution in [3.63, 3.8) is 0 Å². The zero-order valence-electron chi connectivity index (χ0n) is 18.5. The topological polar surface area (TPSA) is 92.9 Å². The van der Waals surface area contributed by atoms with Crippen LogP contribution in [0.3, 0.4) is 0 Å². The van der Waals surface area contributed by atoms with Crippen molar-refractivity contribution in [2.24, 2.45) is 4.99 Å². The molecule has 0 saturated heterocycles. The van der Waals surface area contributed by atoms with Crippen molar-refractivity contribution in [1.82, 2.24) is 5.32 Å². The van der Waals surface area contributed by atoms with Crippen molar-refractivity contribution in [1.29, 1.82) is 0 Å². The number of hydrogen-bond acceptors (Lipinski definition) is 6. The number of fused-ring (bicyclic) bond motifs is 2. The van der Waals surface area contributed by atoms with Crippen LogP contribution in [0.5, 0.6) is 0 Å². The van der Waals surface area contributed by atoms with E-state index in [4.69, 9.17) is 9.15 Å². The Labute approximate surface area is 186 Å². The highest BCUT2D eigenvalue weighted by atomic mass is 16.5. The molecule has 0 saturated carbocycles. The number of furan rings is 1. The molecule has 0 spiro atoms. The van der Waals surface area contributed by atoms with Crippen molar-refractivity contribution >= 4 is 40.1 Å². The molecule has 7 nitrogen and oxygen atoms in total. The highest BCUT2D eigenvalue weighted by Crippen LogP contribution is 2.30. The van der Waals surface area contributed by atoms with Gasteiger partial charge in [0.2, 0.25) is 5.91 Å². The number of amidine groups is 1. The van der Waals surface area contributed by atoms with Gasteiger partial charge in [-0.2, -0.15) is 0 Å². The number of nitrogens with one attached hydrogen (secondary N) is 2. The minimum absolute atomic E-state index is 0.0821. The average molecular weight is 431 g/mol. The fraction of sp³-hybridized carbons (Fsp3) is 0.240. The zero-order valence-corrected chi connectivity index (χ0v) is 18.5. The summed E-state index contributed by atoms with van der Waals surface area (Å²) in [6.45, 7) is 7.74. The number of hydrogen-bond donors (Lipinski definition) is 2. The van der Waals surface area contributed by atoms with E-state index in [2.05, 4.69) is 15.6 Å². The molecule has 1 amide bonds. The highest BCUT2D eigenvalue weighted by Gasteiger charge is 2.26.